The van der Waals surface area contributed by atoms with Crippen molar-refractivity contribution in [1.29, 1.82) is 0 Å². The van der Waals surface area contributed by atoms with Crippen LogP contribution in [0.3, 0.4) is 0 Å². The number of hydrogen-bond acceptors (Lipinski definition) is 8. The van der Waals surface area contributed by atoms with Gasteiger partial charge in [0.05, 0.1) is 11.1 Å². The fourth-order valence-electron chi connectivity index (χ4n) is 3.59. The summed E-state index contributed by atoms with van der Waals surface area (Å²) < 4.78 is 34.1. The third kappa shape index (κ3) is 4.83. The maximum Gasteiger partial charge on any atom is 0.344 e. The van der Waals surface area contributed by atoms with Crippen LogP contribution in [0.15, 0.2) is 66.0 Å². The minimum atomic E-state index is -3.85. The molecule has 0 aliphatic carbocycles. The zero-order chi connectivity index (χ0) is 23.6. The molecule has 0 saturated heterocycles. The van der Waals surface area contributed by atoms with Crippen molar-refractivity contribution < 1.29 is 27.5 Å². The van der Waals surface area contributed by atoms with Crippen LogP contribution in [0.5, 0.6) is 11.6 Å². The smallest absolute Gasteiger partial charge is 0.344 e. The highest BCUT2D eigenvalue weighted by molar-refractivity contribution is 7.89. The second kappa shape index (κ2) is 8.96. The predicted molar refractivity (Wildman–Crippen MR) is 117 cm³/mol. The van der Waals surface area contributed by atoms with E-state index in [1.165, 1.54) is 41.6 Å². The monoisotopic (exact) mass is 468 g/mol. The topological polar surface area (TPSA) is 142 Å². The summed E-state index contributed by atoms with van der Waals surface area (Å²) in [7, 11) is -3.85. The fraction of sp³-hybridized carbons (Fsp3) is 0.182. The molecular formula is C22H20N4O6S. The Morgan fingerprint density at radius 1 is 1.18 bits per heavy atom. The van der Waals surface area contributed by atoms with Gasteiger partial charge in [-0.05, 0) is 61.4 Å². The second-order valence-corrected chi connectivity index (χ2v) is 8.94. The van der Waals surface area contributed by atoms with Crippen LogP contribution in [-0.4, -0.2) is 42.9 Å². The summed E-state index contributed by atoms with van der Waals surface area (Å²) >= 11 is 0. The van der Waals surface area contributed by atoms with Crippen molar-refractivity contribution in [3.05, 3.63) is 72.2 Å². The quantitative estimate of drug-likeness (QED) is 0.542. The van der Waals surface area contributed by atoms with Gasteiger partial charge >= 0.3 is 5.97 Å². The number of nitrogens with zero attached hydrogens (tertiary/aromatic N) is 3. The molecule has 4 rings (SSSR count). The number of benzene rings is 1. The number of rotatable bonds is 6. The molecule has 1 aromatic carbocycles. The standard InChI is InChI=1S/C22H20N4O6S/c1-14-10-15-11-17(33(23,29)30)6-7-19(15)26(14)20(27)13-31-22(28)18-5-3-9-25-21(18)32-16-4-2-8-24-12-16/h2-9,11-12,14H,10,13H2,1H3,(H2,23,29,30). The van der Waals surface area contributed by atoms with Gasteiger partial charge in [-0.3, -0.25) is 9.78 Å². The van der Waals surface area contributed by atoms with Crippen LogP contribution >= 0.6 is 0 Å². The van der Waals surface area contributed by atoms with E-state index in [0.717, 1.165) is 0 Å². The highest BCUT2D eigenvalue weighted by Crippen LogP contribution is 2.34. The average molecular weight is 468 g/mol. The summed E-state index contributed by atoms with van der Waals surface area (Å²) in [5.41, 5.74) is 1.29. The van der Waals surface area contributed by atoms with Gasteiger partial charge in [-0.1, -0.05) is 0 Å². The minimum Gasteiger partial charge on any atom is -0.452 e. The van der Waals surface area contributed by atoms with Gasteiger partial charge in [0.25, 0.3) is 5.91 Å². The summed E-state index contributed by atoms with van der Waals surface area (Å²) in [4.78, 5) is 35.0. The number of carbonyl (C=O) groups excluding carboxylic acids is 2. The van der Waals surface area contributed by atoms with E-state index >= 15 is 0 Å². The minimum absolute atomic E-state index is 0.0214. The van der Waals surface area contributed by atoms with Gasteiger partial charge in [0.15, 0.2) is 6.61 Å². The van der Waals surface area contributed by atoms with Crippen LogP contribution in [-0.2, 0) is 26.0 Å². The van der Waals surface area contributed by atoms with Crippen molar-refractivity contribution >= 4 is 27.6 Å². The van der Waals surface area contributed by atoms with Crippen molar-refractivity contribution in [1.82, 2.24) is 9.97 Å². The third-order valence-electron chi connectivity index (χ3n) is 5.03. The molecule has 1 amide bonds. The van der Waals surface area contributed by atoms with E-state index < -0.39 is 28.5 Å². The Kier molecular flexibility index (Phi) is 6.07. The highest BCUT2D eigenvalue weighted by Gasteiger charge is 2.32. The summed E-state index contributed by atoms with van der Waals surface area (Å²) in [6.07, 6.45) is 4.97. The Hall–Kier alpha value is -3.83. The van der Waals surface area contributed by atoms with E-state index in [-0.39, 0.29) is 22.4 Å². The Morgan fingerprint density at radius 3 is 2.70 bits per heavy atom. The number of aromatic nitrogens is 2. The molecule has 0 fully saturated rings. The van der Waals surface area contributed by atoms with Crippen molar-refractivity contribution in [2.24, 2.45) is 5.14 Å². The lowest BCUT2D eigenvalue weighted by molar-refractivity contribution is -0.122. The zero-order valence-corrected chi connectivity index (χ0v) is 18.4. The van der Waals surface area contributed by atoms with Crippen molar-refractivity contribution in [2.75, 3.05) is 11.5 Å². The summed E-state index contributed by atoms with van der Waals surface area (Å²) in [6.45, 7) is 1.30. The normalized spacial score (nSPS) is 15.1. The number of ether oxygens (including phenoxy) is 2. The first-order chi connectivity index (χ1) is 15.7. The number of sulfonamides is 1. The van der Waals surface area contributed by atoms with E-state index in [9.17, 15) is 18.0 Å². The van der Waals surface area contributed by atoms with Crippen LogP contribution in [0.4, 0.5) is 5.69 Å². The first kappa shape index (κ1) is 22.4. The fourth-order valence-corrected chi connectivity index (χ4v) is 4.15. The van der Waals surface area contributed by atoms with Crippen molar-refractivity contribution in [3.63, 3.8) is 0 Å². The lowest BCUT2D eigenvalue weighted by Gasteiger charge is -2.22. The van der Waals surface area contributed by atoms with Gasteiger partial charge in [0, 0.05) is 24.1 Å². The Morgan fingerprint density at radius 2 is 1.97 bits per heavy atom. The molecule has 0 bridgehead atoms. The van der Waals surface area contributed by atoms with Gasteiger partial charge in [-0.15, -0.1) is 0 Å². The van der Waals surface area contributed by atoms with Crippen molar-refractivity contribution in [3.8, 4) is 11.6 Å². The molecule has 1 unspecified atom stereocenters. The molecule has 3 aromatic rings. The molecule has 1 aliphatic heterocycles. The third-order valence-corrected chi connectivity index (χ3v) is 5.94. The van der Waals surface area contributed by atoms with Crippen LogP contribution in [0.1, 0.15) is 22.8 Å². The number of fused-ring (bicyclic) bond motifs is 1. The number of hydrogen-bond donors (Lipinski definition) is 1. The number of carbonyl (C=O) groups is 2. The maximum atomic E-state index is 12.9. The van der Waals surface area contributed by atoms with Crippen LogP contribution in [0, 0.1) is 0 Å². The molecule has 10 nitrogen and oxygen atoms in total. The summed E-state index contributed by atoms with van der Waals surface area (Å²) in [5, 5.41) is 5.19. The summed E-state index contributed by atoms with van der Waals surface area (Å²) in [5.74, 6) is -0.801. The summed E-state index contributed by atoms with van der Waals surface area (Å²) in [6, 6.07) is 10.5. The molecule has 0 saturated carbocycles. The molecule has 2 aromatic heterocycles. The van der Waals surface area contributed by atoms with E-state index in [0.29, 0.717) is 23.4 Å². The molecule has 2 N–H and O–H groups in total. The molecule has 170 valence electrons. The maximum absolute atomic E-state index is 12.9. The van der Waals surface area contributed by atoms with Gasteiger partial charge in [0.1, 0.15) is 11.3 Å². The molecule has 11 heteroatoms. The SMILES string of the molecule is CC1Cc2cc(S(N)(=O)=O)ccc2N1C(=O)COC(=O)c1cccnc1Oc1cccnc1. The number of anilines is 1. The highest BCUT2D eigenvalue weighted by atomic mass is 32.2. The Labute approximate surface area is 190 Å². The molecule has 3 heterocycles. The number of esters is 1. The van der Waals surface area contributed by atoms with E-state index in [2.05, 4.69) is 9.97 Å². The Balaban J connectivity index is 1.47. The van der Waals surface area contributed by atoms with Crippen LogP contribution in [0.25, 0.3) is 0 Å². The van der Waals surface area contributed by atoms with Crippen molar-refractivity contribution in [2.45, 2.75) is 24.3 Å². The molecule has 0 spiro atoms. The number of primary sulfonamides is 1. The van der Waals surface area contributed by atoms with E-state index in [1.54, 1.807) is 24.4 Å². The van der Waals surface area contributed by atoms with Gasteiger partial charge in [-0.2, -0.15) is 0 Å². The second-order valence-electron chi connectivity index (χ2n) is 7.38. The van der Waals surface area contributed by atoms with E-state index in [1.807, 2.05) is 6.92 Å². The first-order valence-electron chi connectivity index (χ1n) is 9.92. The van der Waals surface area contributed by atoms with Crippen LogP contribution in [0.2, 0.25) is 0 Å². The Bertz CT molecular complexity index is 1310. The van der Waals surface area contributed by atoms with Gasteiger partial charge < -0.3 is 14.4 Å². The lowest BCUT2D eigenvalue weighted by Crippen LogP contribution is -2.38. The molecule has 1 aliphatic rings. The van der Waals surface area contributed by atoms with Gasteiger partial charge in [-0.25, -0.2) is 23.3 Å². The van der Waals surface area contributed by atoms with Gasteiger partial charge in [0.2, 0.25) is 15.9 Å². The molecule has 33 heavy (non-hydrogen) atoms. The number of nitrogens with two attached hydrogens (primary N) is 1. The molecule has 0 radical (unpaired) electrons. The predicted octanol–water partition coefficient (Wildman–Crippen LogP) is 2.05. The number of amides is 1. The zero-order valence-electron chi connectivity index (χ0n) is 17.5. The largest absolute Gasteiger partial charge is 0.452 e. The molecule has 1 atom stereocenters. The van der Waals surface area contributed by atoms with E-state index in [4.69, 9.17) is 14.6 Å². The molecular weight excluding hydrogens is 448 g/mol. The first-order valence-corrected chi connectivity index (χ1v) is 11.5. The average Bonchev–Trinajstić information content (AvgIpc) is 3.12. The number of pyridine rings is 2. The lowest BCUT2D eigenvalue weighted by atomic mass is 10.1. The van der Waals surface area contributed by atoms with Crippen LogP contribution < -0.4 is 14.8 Å².